The highest BCUT2D eigenvalue weighted by molar-refractivity contribution is 7.11. The standard InChI is InChI=1S/C12H20N2OS/c1-8-14-10-6-4-5-9(11(10)16-8)13-7-12(2,3)15/h9,13,15H,4-7H2,1-3H3. The Morgan fingerprint density at radius 2 is 2.31 bits per heavy atom. The molecule has 4 heteroatoms. The van der Waals surface area contributed by atoms with Gasteiger partial charge in [-0.15, -0.1) is 11.3 Å². The molecule has 1 heterocycles. The van der Waals surface area contributed by atoms with Gasteiger partial charge < -0.3 is 10.4 Å². The fourth-order valence-electron chi connectivity index (χ4n) is 2.11. The Labute approximate surface area is 101 Å². The number of rotatable bonds is 3. The van der Waals surface area contributed by atoms with Gasteiger partial charge in [0.25, 0.3) is 0 Å². The number of nitrogens with one attached hydrogen (secondary N) is 1. The quantitative estimate of drug-likeness (QED) is 0.851. The zero-order valence-electron chi connectivity index (χ0n) is 10.2. The molecular weight excluding hydrogens is 220 g/mol. The second kappa shape index (κ2) is 4.43. The summed E-state index contributed by atoms with van der Waals surface area (Å²) in [6.45, 7) is 6.37. The highest BCUT2D eigenvalue weighted by Crippen LogP contribution is 2.33. The van der Waals surface area contributed by atoms with Gasteiger partial charge in [-0.25, -0.2) is 4.98 Å². The van der Waals surface area contributed by atoms with E-state index in [1.165, 1.54) is 17.0 Å². The van der Waals surface area contributed by atoms with Crippen molar-refractivity contribution < 1.29 is 5.11 Å². The minimum atomic E-state index is -0.642. The molecule has 16 heavy (non-hydrogen) atoms. The van der Waals surface area contributed by atoms with E-state index in [2.05, 4.69) is 17.2 Å². The van der Waals surface area contributed by atoms with Gasteiger partial charge in [-0.05, 0) is 40.0 Å². The maximum Gasteiger partial charge on any atom is 0.0900 e. The van der Waals surface area contributed by atoms with Gasteiger partial charge in [0, 0.05) is 17.5 Å². The van der Waals surface area contributed by atoms with Crippen LogP contribution in [0.2, 0.25) is 0 Å². The van der Waals surface area contributed by atoms with E-state index in [0.717, 1.165) is 17.8 Å². The van der Waals surface area contributed by atoms with Crippen LogP contribution in [0.1, 0.15) is 48.3 Å². The maximum atomic E-state index is 9.73. The third-order valence-electron chi connectivity index (χ3n) is 2.84. The molecule has 0 aliphatic heterocycles. The normalized spacial score (nSPS) is 20.9. The Balaban J connectivity index is 2.07. The minimum Gasteiger partial charge on any atom is -0.389 e. The summed E-state index contributed by atoms with van der Waals surface area (Å²) in [4.78, 5) is 5.94. The molecule has 0 radical (unpaired) electrons. The molecule has 1 aliphatic rings. The summed E-state index contributed by atoms with van der Waals surface area (Å²) < 4.78 is 0. The van der Waals surface area contributed by atoms with Gasteiger partial charge in [-0.3, -0.25) is 0 Å². The van der Waals surface area contributed by atoms with Crippen LogP contribution in [0.3, 0.4) is 0 Å². The molecule has 1 unspecified atom stereocenters. The van der Waals surface area contributed by atoms with Crippen molar-refractivity contribution in [1.29, 1.82) is 0 Å². The highest BCUT2D eigenvalue weighted by atomic mass is 32.1. The molecule has 2 rings (SSSR count). The van der Waals surface area contributed by atoms with Crippen LogP contribution in [-0.2, 0) is 6.42 Å². The van der Waals surface area contributed by atoms with Crippen LogP contribution < -0.4 is 5.32 Å². The van der Waals surface area contributed by atoms with E-state index in [1.54, 1.807) is 11.3 Å². The van der Waals surface area contributed by atoms with Crippen LogP contribution in [0.15, 0.2) is 0 Å². The summed E-state index contributed by atoms with van der Waals surface area (Å²) in [7, 11) is 0. The first kappa shape index (κ1) is 12.0. The average Bonchev–Trinajstić information content (AvgIpc) is 2.54. The minimum absolute atomic E-state index is 0.390. The van der Waals surface area contributed by atoms with Crippen LogP contribution in [0, 0.1) is 6.92 Å². The molecule has 0 fully saturated rings. The van der Waals surface area contributed by atoms with Crippen LogP contribution >= 0.6 is 11.3 Å². The Hall–Kier alpha value is -0.450. The van der Waals surface area contributed by atoms with Crippen molar-refractivity contribution in [3.63, 3.8) is 0 Å². The first-order valence-electron chi connectivity index (χ1n) is 5.88. The summed E-state index contributed by atoms with van der Waals surface area (Å²) in [6.07, 6.45) is 3.46. The Morgan fingerprint density at radius 3 is 3.00 bits per heavy atom. The van der Waals surface area contributed by atoms with Gasteiger partial charge in [0.2, 0.25) is 0 Å². The van der Waals surface area contributed by atoms with E-state index in [0.29, 0.717) is 12.6 Å². The summed E-state index contributed by atoms with van der Waals surface area (Å²) >= 11 is 1.79. The van der Waals surface area contributed by atoms with Crippen molar-refractivity contribution in [3.8, 4) is 0 Å². The molecule has 1 atom stereocenters. The molecule has 90 valence electrons. The van der Waals surface area contributed by atoms with E-state index >= 15 is 0 Å². The van der Waals surface area contributed by atoms with Gasteiger partial charge >= 0.3 is 0 Å². The van der Waals surface area contributed by atoms with Crippen molar-refractivity contribution >= 4 is 11.3 Å². The predicted molar refractivity (Wildman–Crippen MR) is 66.8 cm³/mol. The molecule has 0 saturated carbocycles. The maximum absolute atomic E-state index is 9.73. The van der Waals surface area contributed by atoms with Crippen molar-refractivity contribution in [2.24, 2.45) is 0 Å². The zero-order valence-corrected chi connectivity index (χ0v) is 11.0. The third-order valence-corrected chi connectivity index (χ3v) is 3.97. The van der Waals surface area contributed by atoms with Gasteiger partial charge in [-0.2, -0.15) is 0 Å². The van der Waals surface area contributed by atoms with Crippen LogP contribution in [0.5, 0.6) is 0 Å². The van der Waals surface area contributed by atoms with Crippen LogP contribution in [0.25, 0.3) is 0 Å². The predicted octanol–water partition coefficient (Wildman–Crippen LogP) is 2.19. The topological polar surface area (TPSA) is 45.2 Å². The summed E-state index contributed by atoms with van der Waals surface area (Å²) in [5.74, 6) is 0. The number of aromatic nitrogens is 1. The summed E-state index contributed by atoms with van der Waals surface area (Å²) in [6, 6.07) is 0.390. The number of fused-ring (bicyclic) bond motifs is 1. The van der Waals surface area contributed by atoms with E-state index in [-0.39, 0.29) is 0 Å². The van der Waals surface area contributed by atoms with Crippen molar-refractivity contribution in [3.05, 3.63) is 15.6 Å². The number of nitrogens with zero attached hydrogens (tertiary/aromatic N) is 1. The molecule has 2 N–H and O–H groups in total. The third kappa shape index (κ3) is 2.81. The molecule has 1 aromatic heterocycles. The first-order chi connectivity index (χ1) is 7.46. The van der Waals surface area contributed by atoms with Crippen molar-refractivity contribution in [2.75, 3.05) is 6.54 Å². The molecule has 3 nitrogen and oxygen atoms in total. The Bertz CT molecular complexity index is 368. The lowest BCUT2D eigenvalue weighted by Crippen LogP contribution is -2.37. The van der Waals surface area contributed by atoms with Gasteiger partial charge in [-0.1, -0.05) is 0 Å². The van der Waals surface area contributed by atoms with Gasteiger partial charge in [0.15, 0.2) is 0 Å². The molecule has 0 amide bonds. The Kier molecular flexibility index (Phi) is 3.33. The fourth-order valence-corrected chi connectivity index (χ4v) is 3.19. The lowest BCUT2D eigenvalue weighted by Gasteiger charge is -2.26. The number of aryl methyl sites for hydroxylation is 2. The van der Waals surface area contributed by atoms with Gasteiger partial charge in [0.1, 0.15) is 0 Å². The molecular formula is C12H20N2OS. The molecule has 0 bridgehead atoms. The van der Waals surface area contributed by atoms with Crippen molar-refractivity contribution in [1.82, 2.24) is 10.3 Å². The SMILES string of the molecule is Cc1nc2c(s1)C(NCC(C)(C)O)CCC2. The summed E-state index contributed by atoms with van der Waals surface area (Å²) in [5.41, 5.74) is 0.624. The molecule has 0 aromatic carbocycles. The molecule has 0 spiro atoms. The number of hydrogen-bond donors (Lipinski definition) is 2. The van der Waals surface area contributed by atoms with E-state index < -0.39 is 5.60 Å². The fraction of sp³-hybridized carbons (Fsp3) is 0.750. The zero-order chi connectivity index (χ0) is 11.8. The average molecular weight is 240 g/mol. The lowest BCUT2D eigenvalue weighted by molar-refractivity contribution is 0.0757. The monoisotopic (exact) mass is 240 g/mol. The van der Waals surface area contributed by atoms with Crippen molar-refractivity contribution in [2.45, 2.75) is 51.7 Å². The lowest BCUT2D eigenvalue weighted by atomic mass is 9.97. The largest absolute Gasteiger partial charge is 0.389 e. The Morgan fingerprint density at radius 1 is 1.56 bits per heavy atom. The van der Waals surface area contributed by atoms with E-state index in [9.17, 15) is 5.11 Å². The molecule has 1 aromatic rings. The van der Waals surface area contributed by atoms with Crippen LogP contribution in [0.4, 0.5) is 0 Å². The second-order valence-corrected chi connectivity index (χ2v) is 6.42. The highest BCUT2D eigenvalue weighted by Gasteiger charge is 2.25. The number of thiazole rings is 1. The second-order valence-electron chi connectivity index (χ2n) is 5.18. The molecule has 1 aliphatic carbocycles. The number of hydrogen-bond acceptors (Lipinski definition) is 4. The smallest absolute Gasteiger partial charge is 0.0900 e. The van der Waals surface area contributed by atoms with Crippen LogP contribution in [-0.4, -0.2) is 22.2 Å². The summed E-state index contributed by atoms with van der Waals surface area (Å²) in [5, 5.41) is 14.3. The number of aliphatic hydroxyl groups is 1. The first-order valence-corrected chi connectivity index (χ1v) is 6.69. The molecule has 0 saturated heterocycles. The van der Waals surface area contributed by atoms with Gasteiger partial charge in [0.05, 0.1) is 16.3 Å². The van der Waals surface area contributed by atoms with E-state index in [4.69, 9.17) is 0 Å². The van der Waals surface area contributed by atoms with E-state index in [1.807, 2.05) is 13.8 Å².